The van der Waals surface area contributed by atoms with Crippen LogP contribution >= 0.6 is 0 Å². The van der Waals surface area contributed by atoms with E-state index in [2.05, 4.69) is 54.4 Å². The number of methoxy groups -OCH3 is 1. The number of aryl methyl sites for hydroxylation is 1. The summed E-state index contributed by atoms with van der Waals surface area (Å²) in [6.07, 6.45) is 2.51. The van der Waals surface area contributed by atoms with Gasteiger partial charge < -0.3 is 24.4 Å². The molecule has 7 heteroatoms. The van der Waals surface area contributed by atoms with Crippen LogP contribution in [0.2, 0.25) is 0 Å². The highest BCUT2D eigenvalue weighted by Crippen LogP contribution is 2.34. The number of rotatable bonds is 7. The molecule has 1 saturated heterocycles. The van der Waals surface area contributed by atoms with E-state index in [0.717, 1.165) is 54.3 Å². The van der Waals surface area contributed by atoms with Gasteiger partial charge in [0.05, 0.1) is 17.7 Å². The van der Waals surface area contributed by atoms with Gasteiger partial charge in [-0.1, -0.05) is 29.8 Å². The zero-order valence-corrected chi connectivity index (χ0v) is 26.0. The zero-order valence-electron chi connectivity index (χ0n) is 26.0. The van der Waals surface area contributed by atoms with Gasteiger partial charge in [-0.15, -0.1) is 0 Å². The molecule has 0 radical (unpaired) electrons. The third-order valence-corrected chi connectivity index (χ3v) is 8.35. The van der Waals surface area contributed by atoms with Gasteiger partial charge in [0, 0.05) is 25.8 Å². The van der Waals surface area contributed by atoms with E-state index in [1.807, 2.05) is 39.0 Å². The second kappa shape index (κ2) is 12.8. The van der Waals surface area contributed by atoms with Crippen LogP contribution in [0.4, 0.5) is 5.82 Å². The highest BCUT2D eigenvalue weighted by molar-refractivity contribution is 5.74. The predicted octanol–water partition coefficient (Wildman–Crippen LogP) is 5.82. The molecule has 2 atom stereocenters. The minimum atomic E-state index is -0.522. The fourth-order valence-corrected chi connectivity index (χ4v) is 6.05. The van der Waals surface area contributed by atoms with Gasteiger partial charge in [0.25, 0.3) is 0 Å². The third-order valence-electron chi connectivity index (χ3n) is 8.35. The second-order valence-corrected chi connectivity index (χ2v) is 12.6. The molecule has 0 bridgehead atoms. The van der Waals surface area contributed by atoms with Crippen LogP contribution in [0.3, 0.4) is 0 Å². The number of hydrogen-bond acceptors (Lipinski definition) is 7. The molecule has 1 fully saturated rings. The number of esters is 1. The Labute approximate surface area is 250 Å². The summed E-state index contributed by atoms with van der Waals surface area (Å²) in [6, 6.07) is 16.9. The quantitative estimate of drug-likeness (QED) is 0.359. The fraction of sp³-hybridized carbons (Fsp3) is 0.486. The van der Waals surface area contributed by atoms with Crippen molar-refractivity contribution in [3.63, 3.8) is 0 Å². The van der Waals surface area contributed by atoms with Gasteiger partial charge in [0.2, 0.25) is 0 Å². The van der Waals surface area contributed by atoms with Crippen LogP contribution in [0.25, 0.3) is 11.3 Å². The maximum absolute atomic E-state index is 12.9. The van der Waals surface area contributed by atoms with Crippen LogP contribution in [0, 0.1) is 19.8 Å². The number of carbonyl (C=O) groups is 1. The maximum atomic E-state index is 12.9. The van der Waals surface area contributed by atoms with Crippen molar-refractivity contribution in [3.05, 3.63) is 76.3 Å². The highest BCUT2D eigenvalue weighted by Gasteiger charge is 2.37. The van der Waals surface area contributed by atoms with Crippen LogP contribution in [0.15, 0.2) is 48.5 Å². The first-order chi connectivity index (χ1) is 20.1. The van der Waals surface area contributed by atoms with E-state index in [4.69, 9.17) is 19.2 Å². The summed E-state index contributed by atoms with van der Waals surface area (Å²) in [7, 11) is 1.66. The van der Waals surface area contributed by atoms with Crippen LogP contribution in [0.1, 0.15) is 55.0 Å². The SMILES string of the molecule is CO[C@H]1CN(c2cccc(-c3cc(C)ccc3OCc3ccc4c(c3C)CCNCC4)n2)CC[C@H]1C(=O)OC(C)(C)C. The Kier molecular flexibility index (Phi) is 9.19. The molecule has 0 unspecified atom stereocenters. The zero-order chi connectivity index (χ0) is 29.9. The first-order valence-corrected chi connectivity index (χ1v) is 15.2. The number of fused-ring (bicyclic) bond motifs is 1. The molecular formula is C35H45N3O4. The number of hydrogen-bond donors (Lipinski definition) is 1. The van der Waals surface area contributed by atoms with E-state index >= 15 is 0 Å². The van der Waals surface area contributed by atoms with Crippen molar-refractivity contribution in [3.8, 4) is 17.0 Å². The summed E-state index contributed by atoms with van der Waals surface area (Å²) < 4.78 is 17.9. The minimum Gasteiger partial charge on any atom is -0.488 e. The lowest BCUT2D eigenvalue weighted by Gasteiger charge is -2.38. The van der Waals surface area contributed by atoms with Crippen molar-refractivity contribution in [1.82, 2.24) is 10.3 Å². The Bertz CT molecular complexity index is 1410. The molecule has 1 N–H and O–H groups in total. The number of benzene rings is 2. The van der Waals surface area contributed by atoms with Gasteiger partial charge in [-0.2, -0.15) is 0 Å². The molecule has 42 heavy (non-hydrogen) atoms. The van der Waals surface area contributed by atoms with Crippen molar-refractivity contribution in [2.24, 2.45) is 5.92 Å². The Hall–Kier alpha value is -3.42. The molecule has 2 aliphatic rings. The number of piperidine rings is 1. The number of aromatic nitrogens is 1. The van der Waals surface area contributed by atoms with E-state index in [9.17, 15) is 4.79 Å². The van der Waals surface area contributed by atoms with Gasteiger partial charge in [-0.3, -0.25) is 4.79 Å². The van der Waals surface area contributed by atoms with Crippen LogP contribution in [0.5, 0.6) is 5.75 Å². The van der Waals surface area contributed by atoms with Gasteiger partial charge >= 0.3 is 5.97 Å². The van der Waals surface area contributed by atoms with Crippen molar-refractivity contribution in [2.45, 2.75) is 72.2 Å². The lowest BCUT2D eigenvalue weighted by Crippen LogP contribution is -2.49. The van der Waals surface area contributed by atoms with E-state index in [1.165, 1.54) is 22.3 Å². The largest absolute Gasteiger partial charge is 0.488 e. The summed E-state index contributed by atoms with van der Waals surface area (Å²) in [5, 5.41) is 3.51. The summed E-state index contributed by atoms with van der Waals surface area (Å²) in [4.78, 5) is 20.1. The number of carbonyl (C=O) groups excluding carboxylic acids is 1. The molecule has 7 nitrogen and oxygen atoms in total. The molecule has 2 aliphatic heterocycles. The molecule has 224 valence electrons. The summed E-state index contributed by atoms with van der Waals surface area (Å²) in [6.45, 7) is 13.8. The second-order valence-electron chi connectivity index (χ2n) is 12.6. The predicted molar refractivity (Wildman–Crippen MR) is 167 cm³/mol. The topological polar surface area (TPSA) is 72.9 Å². The van der Waals surface area contributed by atoms with E-state index < -0.39 is 5.60 Å². The van der Waals surface area contributed by atoms with Crippen molar-refractivity contribution in [2.75, 3.05) is 38.2 Å². The summed E-state index contributed by atoms with van der Waals surface area (Å²) in [5.74, 6) is 1.19. The van der Waals surface area contributed by atoms with Gasteiger partial charge in [0.1, 0.15) is 23.8 Å². The average molecular weight is 572 g/mol. The Morgan fingerprint density at radius 2 is 1.88 bits per heavy atom. The Morgan fingerprint density at radius 1 is 1.07 bits per heavy atom. The van der Waals surface area contributed by atoms with Crippen LogP contribution in [-0.2, 0) is 33.7 Å². The molecule has 0 aliphatic carbocycles. The summed E-state index contributed by atoms with van der Waals surface area (Å²) in [5.41, 5.74) is 7.93. The monoisotopic (exact) mass is 571 g/mol. The number of pyridine rings is 1. The molecule has 0 saturated carbocycles. The molecule has 2 aromatic carbocycles. The number of nitrogens with one attached hydrogen (secondary N) is 1. The number of nitrogens with zero attached hydrogens (tertiary/aromatic N) is 2. The molecular weight excluding hydrogens is 526 g/mol. The number of ether oxygens (including phenoxy) is 3. The highest BCUT2D eigenvalue weighted by atomic mass is 16.6. The molecule has 0 spiro atoms. The van der Waals surface area contributed by atoms with Gasteiger partial charge in [-0.25, -0.2) is 4.98 Å². The van der Waals surface area contributed by atoms with Gasteiger partial charge in [0.15, 0.2) is 0 Å². The lowest BCUT2D eigenvalue weighted by atomic mass is 9.93. The Balaban J connectivity index is 1.34. The van der Waals surface area contributed by atoms with E-state index in [0.29, 0.717) is 26.1 Å². The third kappa shape index (κ3) is 6.96. The summed E-state index contributed by atoms with van der Waals surface area (Å²) >= 11 is 0. The average Bonchev–Trinajstić information content (AvgIpc) is 3.22. The van der Waals surface area contributed by atoms with Crippen molar-refractivity contribution in [1.29, 1.82) is 0 Å². The molecule has 0 amide bonds. The smallest absolute Gasteiger partial charge is 0.312 e. The van der Waals surface area contributed by atoms with Crippen molar-refractivity contribution >= 4 is 11.8 Å². The normalized spacial score (nSPS) is 19.1. The molecule has 1 aromatic heterocycles. The van der Waals surface area contributed by atoms with Crippen LogP contribution in [-0.4, -0.2) is 55.9 Å². The first kappa shape index (κ1) is 30.1. The molecule has 3 heterocycles. The van der Waals surface area contributed by atoms with Gasteiger partial charge in [-0.05, 0) is 113 Å². The van der Waals surface area contributed by atoms with Crippen LogP contribution < -0.4 is 15.0 Å². The number of anilines is 1. The van der Waals surface area contributed by atoms with E-state index in [1.54, 1.807) is 7.11 Å². The minimum absolute atomic E-state index is 0.196. The molecule has 5 rings (SSSR count). The molecule has 3 aromatic rings. The fourth-order valence-electron chi connectivity index (χ4n) is 6.05. The first-order valence-electron chi connectivity index (χ1n) is 15.2. The Morgan fingerprint density at radius 3 is 2.67 bits per heavy atom. The van der Waals surface area contributed by atoms with E-state index in [-0.39, 0.29) is 18.0 Å². The standard InChI is InChI=1S/C35H45N3O4/c1-23-10-13-31(41-22-26-12-11-25-14-17-36-18-15-27(25)24(26)2)29(20-23)30-8-7-9-33(37-30)38-19-16-28(32(21-38)40-6)34(39)42-35(3,4)5/h7-13,20,28,32,36H,14-19,21-22H2,1-6H3/t28-,32+/m1/s1. The lowest BCUT2D eigenvalue weighted by molar-refractivity contribution is -0.165. The van der Waals surface area contributed by atoms with Crippen molar-refractivity contribution < 1.29 is 19.0 Å². The maximum Gasteiger partial charge on any atom is 0.312 e.